The highest BCUT2D eigenvalue weighted by molar-refractivity contribution is 5.82. The van der Waals surface area contributed by atoms with Crippen LogP contribution in [0, 0.1) is 10.8 Å². The molecule has 8 heteroatoms. The summed E-state index contributed by atoms with van der Waals surface area (Å²) in [4.78, 5) is 39.3. The maximum atomic E-state index is 13.7. The monoisotopic (exact) mass is 840 g/mol. The van der Waals surface area contributed by atoms with Crippen molar-refractivity contribution in [3.63, 3.8) is 0 Å². The zero-order chi connectivity index (χ0) is 45.9. The summed E-state index contributed by atoms with van der Waals surface area (Å²) in [6, 6.07) is 37.9. The van der Waals surface area contributed by atoms with Gasteiger partial charge >= 0.3 is 17.9 Å². The van der Waals surface area contributed by atoms with Gasteiger partial charge in [-0.3, -0.25) is 9.59 Å². The summed E-state index contributed by atoms with van der Waals surface area (Å²) in [6.45, 7) is 27.1. The first kappa shape index (κ1) is 47.2. The van der Waals surface area contributed by atoms with Crippen molar-refractivity contribution in [1.29, 1.82) is 0 Å². The topological polar surface area (TPSA) is 97.4 Å². The molecule has 0 fully saturated rings. The molecular formula is C54H64O8. The van der Waals surface area contributed by atoms with Gasteiger partial charge in [0.1, 0.15) is 39.8 Å². The molecular weight excluding hydrogens is 777 g/mol. The summed E-state index contributed by atoms with van der Waals surface area (Å²) in [5.41, 5.74) is 1.000. The molecule has 0 saturated heterocycles. The van der Waals surface area contributed by atoms with Gasteiger partial charge in [-0.2, -0.15) is 0 Å². The van der Waals surface area contributed by atoms with Crippen molar-refractivity contribution in [3.8, 4) is 39.9 Å². The molecule has 0 amide bonds. The summed E-state index contributed by atoms with van der Waals surface area (Å²) in [5.74, 6) is 1.40. The van der Waals surface area contributed by atoms with Crippen LogP contribution in [-0.2, 0) is 25.2 Å². The van der Waals surface area contributed by atoms with Crippen LogP contribution < -0.4 is 23.7 Å². The van der Waals surface area contributed by atoms with E-state index in [2.05, 4.69) is 34.6 Å². The van der Waals surface area contributed by atoms with Gasteiger partial charge in [-0.15, -0.1) is 0 Å². The highest BCUT2D eigenvalue weighted by Gasteiger charge is 2.47. The van der Waals surface area contributed by atoms with Crippen molar-refractivity contribution < 1.29 is 38.1 Å². The summed E-state index contributed by atoms with van der Waals surface area (Å²) in [7, 11) is 0. The van der Waals surface area contributed by atoms with E-state index in [1.807, 2.05) is 158 Å². The van der Waals surface area contributed by atoms with Crippen molar-refractivity contribution in [3.05, 3.63) is 138 Å². The van der Waals surface area contributed by atoms with Gasteiger partial charge in [-0.1, -0.05) is 102 Å². The Labute approximate surface area is 368 Å². The first-order chi connectivity index (χ1) is 28.7. The number of carbonyl (C=O) groups excluding carboxylic acids is 3. The van der Waals surface area contributed by atoms with Crippen molar-refractivity contribution >= 4 is 17.9 Å². The fourth-order valence-corrected chi connectivity index (χ4v) is 6.36. The molecule has 0 heterocycles. The lowest BCUT2D eigenvalue weighted by Gasteiger charge is -2.39. The minimum Gasteiger partial charge on any atom is -0.487 e. The molecule has 0 N–H and O–H groups in total. The molecule has 0 atom stereocenters. The molecule has 62 heavy (non-hydrogen) atoms. The standard InChI is InChI=1S/C54H64O8/c1-15-50(5,6)46(55)58-41-26-16-36(17-27-41)37-18-28-45(29-19-37)62-54(13,14)52(9,10)47(56)59-42-32-22-39(23-33-42)51(7,8)40-24-34-44(35-25-40)61-53(11,12)48(57)60-43-30-20-38(21-31-43)49(2,3)4/h16-35H,15H2,1-14H3. The second-order valence-electron chi connectivity index (χ2n) is 19.8. The van der Waals surface area contributed by atoms with Gasteiger partial charge in [-0.25, -0.2) is 4.79 Å². The maximum Gasteiger partial charge on any atom is 0.355 e. The molecule has 0 unspecified atom stereocenters. The quantitative estimate of drug-likeness (QED) is 0.0759. The lowest BCUT2D eigenvalue weighted by atomic mass is 9.77. The zero-order valence-corrected chi connectivity index (χ0v) is 39.0. The van der Waals surface area contributed by atoms with Crippen molar-refractivity contribution in [2.24, 2.45) is 10.8 Å². The van der Waals surface area contributed by atoms with Crippen LogP contribution >= 0.6 is 0 Å². The molecule has 0 spiro atoms. The summed E-state index contributed by atoms with van der Waals surface area (Å²) >= 11 is 0. The van der Waals surface area contributed by atoms with Crippen LogP contribution in [0.15, 0.2) is 121 Å². The number of esters is 3. The Hall–Kier alpha value is -5.89. The van der Waals surface area contributed by atoms with E-state index in [0.717, 1.165) is 27.8 Å². The molecule has 328 valence electrons. The van der Waals surface area contributed by atoms with Crippen LogP contribution in [0.1, 0.15) is 120 Å². The van der Waals surface area contributed by atoms with Gasteiger partial charge in [0, 0.05) is 5.41 Å². The van der Waals surface area contributed by atoms with Crippen LogP contribution in [0.2, 0.25) is 0 Å². The first-order valence-corrected chi connectivity index (χ1v) is 21.3. The Kier molecular flexibility index (Phi) is 13.6. The van der Waals surface area contributed by atoms with Gasteiger partial charge in [0.2, 0.25) is 5.60 Å². The molecule has 0 aliphatic heterocycles. The smallest absolute Gasteiger partial charge is 0.355 e. The van der Waals surface area contributed by atoms with Crippen LogP contribution in [-0.4, -0.2) is 29.1 Å². The lowest BCUT2D eigenvalue weighted by Crippen LogP contribution is -2.51. The predicted molar refractivity (Wildman–Crippen MR) is 246 cm³/mol. The van der Waals surface area contributed by atoms with E-state index in [9.17, 15) is 14.4 Å². The fraction of sp³-hybridized carbons (Fsp3) is 0.389. The fourth-order valence-electron chi connectivity index (χ4n) is 6.36. The molecule has 0 aliphatic carbocycles. The number of ether oxygens (including phenoxy) is 5. The normalized spacial score (nSPS) is 12.6. The van der Waals surface area contributed by atoms with Gasteiger partial charge in [-0.05, 0) is 156 Å². The summed E-state index contributed by atoms with van der Waals surface area (Å²) < 4.78 is 29.8. The summed E-state index contributed by atoms with van der Waals surface area (Å²) in [5, 5.41) is 0. The molecule has 0 aromatic heterocycles. The van der Waals surface area contributed by atoms with E-state index in [1.54, 1.807) is 26.0 Å². The largest absolute Gasteiger partial charge is 0.487 e. The Balaban J connectivity index is 1.16. The predicted octanol–water partition coefficient (Wildman–Crippen LogP) is 12.9. The van der Waals surface area contributed by atoms with E-state index >= 15 is 0 Å². The first-order valence-electron chi connectivity index (χ1n) is 21.3. The number of hydrogen-bond acceptors (Lipinski definition) is 8. The Bertz CT molecular complexity index is 2320. The second-order valence-corrected chi connectivity index (χ2v) is 19.8. The van der Waals surface area contributed by atoms with Gasteiger partial charge in [0.25, 0.3) is 0 Å². The highest BCUT2D eigenvalue weighted by atomic mass is 16.6. The lowest BCUT2D eigenvalue weighted by molar-refractivity contribution is -0.155. The van der Waals surface area contributed by atoms with Crippen LogP contribution in [0.5, 0.6) is 28.7 Å². The molecule has 0 bridgehead atoms. The second kappa shape index (κ2) is 17.8. The number of benzene rings is 5. The van der Waals surface area contributed by atoms with Crippen LogP contribution in [0.3, 0.4) is 0 Å². The zero-order valence-electron chi connectivity index (χ0n) is 39.0. The van der Waals surface area contributed by atoms with Crippen molar-refractivity contribution in [2.45, 2.75) is 125 Å². The van der Waals surface area contributed by atoms with E-state index in [-0.39, 0.29) is 11.4 Å². The van der Waals surface area contributed by atoms with Gasteiger partial charge < -0.3 is 23.7 Å². The SMILES string of the molecule is CCC(C)(C)C(=O)Oc1ccc(-c2ccc(OC(C)(C)C(C)(C)C(=O)Oc3ccc(C(C)(C)c4ccc(OC(C)(C)C(=O)Oc5ccc(C(C)(C)C)cc5)cc4)cc3)cc2)cc1. The number of carbonyl (C=O) groups is 3. The third-order valence-corrected chi connectivity index (χ3v) is 12.2. The third-order valence-electron chi connectivity index (χ3n) is 12.2. The average Bonchev–Trinajstić information content (AvgIpc) is 3.21. The highest BCUT2D eigenvalue weighted by Crippen LogP contribution is 2.39. The van der Waals surface area contributed by atoms with Gasteiger partial charge in [0.05, 0.1) is 5.41 Å². The molecule has 5 aromatic carbocycles. The average molecular weight is 841 g/mol. The minimum atomic E-state index is -1.23. The molecule has 0 radical (unpaired) electrons. The van der Waals surface area contributed by atoms with Crippen molar-refractivity contribution in [2.75, 3.05) is 0 Å². The van der Waals surface area contributed by atoms with Gasteiger partial charge in [0.15, 0.2) is 0 Å². The van der Waals surface area contributed by atoms with Crippen LogP contribution in [0.25, 0.3) is 11.1 Å². The Morgan fingerprint density at radius 2 is 0.742 bits per heavy atom. The van der Waals surface area contributed by atoms with Crippen molar-refractivity contribution in [1.82, 2.24) is 0 Å². The van der Waals surface area contributed by atoms with E-state index in [0.29, 0.717) is 35.2 Å². The third kappa shape index (κ3) is 10.9. The molecule has 0 aliphatic rings. The Morgan fingerprint density at radius 3 is 1.16 bits per heavy atom. The van der Waals surface area contributed by atoms with Crippen LogP contribution in [0.4, 0.5) is 0 Å². The number of rotatable bonds is 15. The Morgan fingerprint density at radius 1 is 0.403 bits per heavy atom. The number of hydrogen-bond donors (Lipinski definition) is 0. The molecule has 0 saturated carbocycles. The minimum absolute atomic E-state index is 0.00158. The van der Waals surface area contributed by atoms with E-state index in [4.69, 9.17) is 23.7 Å². The summed E-state index contributed by atoms with van der Waals surface area (Å²) in [6.07, 6.45) is 0.689. The molecule has 8 nitrogen and oxygen atoms in total. The molecule has 5 aromatic rings. The van der Waals surface area contributed by atoms with E-state index < -0.39 is 39.4 Å². The maximum absolute atomic E-state index is 13.7. The molecule has 5 rings (SSSR count). The van der Waals surface area contributed by atoms with E-state index in [1.165, 1.54) is 0 Å².